The fraction of sp³-hybridized carbons (Fsp3) is 0.846. The minimum absolute atomic E-state index is 0.0743. The van der Waals surface area contributed by atoms with Crippen LogP contribution in [0, 0.1) is 0 Å². The molecule has 1 amide bonds. The van der Waals surface area contributed by atoms with Crippen molar-refractivity contribution >= 4 is 11.7 Å². The maximum Gasteiger partial charge on any atom is 0.220 e. The van der Waals surface area contributed by atoms with E-state index in [1.54, 1.807) is 0 Å². The molecule has 0 aromatic carbocycles. The first kappa shape index (κ1) is 17.1. The number of ether oxygens (including phenoxy) is 2. The van der Waals surface area contributed by atoms with E-state index in [9.17, 15) is 9.59 Å². The van der Waals surface area contributed by atoms with Crippen molar-refractivity contribution in [1.82, 2.24) is 5.32 Å². The zero-order valence-corrected chi connectivity index (χ0v) is 11.5. The minimum Gasteiger partial charge on any atom is -0.377 e. The van der Waals surface area contributed by atoms with Gasteiger partial charge in [-0.05, 0) is 6.42 Å². The maximum atomic E-state index is 11.2. The van der Waals surface area contributed by atoms with Gasteiger partial charge in [-0.25, -0.2) is 0 Å². The molecule has 0 saturated carbocycles. The third-order valence-corrected chi connectivity index (χ3v) is 2.36. The van der Waals surface area contributed by atoms with Crippen molar-refractivity contribution in [3.63, 3.8) is 0 Å². The summed E-state index contributed by atoms with van der Waals surface area (Å²) in [5, 5.41) is 2.78. The van der Waals surface area contributed by atoms with Gasteiger partial charge >= 0.3 is 0 Å². The van der Waals surface area contributed by atoms with E-state index in [-0.39, 0.29) is 18.3 Å². The molecule has 0 aliphatic carbocycles. The highest BCUT2D eigenvalue weighted by atomic mass is 16.5. The number of ketones is 1. The smallest absolute Gasteiger partial charge is 0.220 e. The molecule has 0 heterocycles. The van der Waals surface area contributed by atoms with E-state index in [0.29, 0.717) is 39.2 Å². The van der Waals surface area contributed by atoms with Gasteiger partial charge in [0.1, 0.15) is 6.61 Å². The van der Waals surface area contributed by atoms with Gasteiger partial charge in [-0.3, -0.25) is 9.59 Å². The van der Waals surface area contributed by atoms with E-state index in [4.69, 9.17) is 9.47 Å². The predicted octanol–water partition coefficient (Wildman–Crippen LogP) is 1.31. The predicted molar refractivity (Wildman–Crippen MR) is 69.5 cm³/mol. The number of unbranched alkanes of at least 4 members (excludes halogenated alkanes) is 1. The zero-order valence-electron chi connectivity index (χ0n) is 11.5. The number of hydrogen-bond acceptors (Lipinski definition) is 4. The lowest BCUT2D eigenvalue weighted by atomic mass is 10.2. The molecule has 0 fully saturated rings. The molecule has 0 aromatic rings. The van der Waals surface area contributed by atoms with Gasteiger partial charge in [0.15, 0.2) is 5.78 Å². The summed E-state index contributed by atoms with van der Waals surface area (Å²) in [6, 6.07) is 0. The van der Waals surface area contributed by atoms with Crippen LogP contribution in [-0.2, 0) is 19.1 Å². The van der Waals surface area contributed by atoms with Crippen LogP contribution in [0.1, 0.15) is 39.5 Å². The van der Waals surface area contributed by atoms with Crippen molar-refractivity contribution in [3.05, 3.63) is 0 Å². The summed E-state index contributed by atoms with van der Waals surface area (Å²) in [4.78, 5) is 22.1. The number of carbonyl (C=O) groups excluding carboxylic acids is 2. The second-order valence-corrected chi connectivity index (χ2v) is 4.01. The Bertz CT molecular complexity index is 231. The Morgan fingerprint density at radius 2 is 1.78 bits per heavy atom. The van der Waals surface area contributed by atoms with Crippen LogP contribution in [0.4, 0.5) is 0 Å². The molecule has 0 bridgehead atoms. The molecule has 1 N–H and O–H groups in total. The lowest BCUT2D eigenvalue weighted by Gasteiger charge is -2.06. The Hall–Kier alpha value is -0.940. The average molecular weight is 259 g/mol. The first-order valence-corrected chi connectivity index (χ1v) is 6.64. The minimum atomic E-state index is 0.0743. The third-order valence-electron chi connectivity index (χ3n) is 2.36. The van der Waals surface area contributed by atoms with Gasteiger partial charge in [0.25, 0.3) is 0 Å². The molecule has 0 saturated heterocycles. The van der Waals surface area contributed by atoms with Crippen LogP contribution in [0.15, 0.2) is 0 Å². The van der Waals surface area contributed by atoms with E-state index < -0.39 is 0 Å². The Morgan fingerprint density at radius 3 is 2.44 bits per heavy atom. The summed E-state index contributed by atoms with van der Waals surface area (Å²) in [6.45, 7) is 5.88. The van der Waals surface area contributed by atoms with E-state index in [1.165, 1.54) is 0 Å². The van der Waals surface area contributed by atoms with Gasteiger partial charge in [-0.1, -0.05) is 20.3 Å². The van der Waals surface area contributed by atoms with E-state index >= 15 is 0 Å². The number of rotatable bonds is 12. The Balaban J connectivity index is 3.16. The van der Waals surface area contributed by atoms with Gasteiger partial charge in [0.2, 0.25) is 5.91 Å². The topological polar surface area (TPSA) is 64.6 Å². The summed E-state index contributed by atoms with van der Waals surface area (Å²) in [5.74, 6) is 0.170. The van der Waals surface area contributed by atoms with Crippen molar-refractivity contribution < 1.29 is 19.1 Å². The van der Waals surface area contributed by atoms with Gasteiger partial charge in [-0.15, -0.1) is 0 Å². The van der Waals surface area contributed by atoms with Crippen LogP contribution >= 0.6 is 0 Å². The summed E-state index contributed by atoms with van der Waals surface area (Å²) in [7, 11) is 0. The molecular formula is C13H25NO4. The highest BCUT2D eigenvalue weighted by Gasteiger charge is 1.99. The fourth-order valence-corrected chi connectivity index (χ4v) is 1.20. The molecule has 0 aliphatic rings. The SMILES string of the molecule is CCCCC(=O)NCCOCCOCC(=O)CC. The molecule has 0 spiro atoms. The van der Waals surface area contributed by atoms with Crippen molar-refractivity contribution in [3.8, 4) is 0 Å². The van der Waals surface area contributed by atoms with Crippen molar-refractivity contribution in [1.29, 1.82) is 0 Å². The van der Waals surface area contributed by atoms with Gasteiger partial charge in [0.05, 0.1) is 19.8 Å². The molecule has 0 rings (SSSR count). The Kier molecular flexibility index (Phi) is 11.9. The first-order chi connectivity index (χ1) is 8.70. The lowest BCUT2D eigenvalue weighted by molar-refractivity contribution is -0.124. The van der Waals surface area contributed by atoms with Gasteiger partial charge < -0.3 is 14.8 Å². The molecule has 0 aromatic heterocycles. The van der Waals surface area contributed by atoms with Crippen molar-refractivity contribution in [2.45, 2.75) is 39.5 Å². The monoisotopic (exact) mass is 259 g/mol. The quantitative estimate of drug-likeness (QED) is 0.537. The Morgan fingerprint density at radius 1 is 1.06 bits per heavy atom. The summed E-state index contributed by atoms with van der Waals surface area (Å²) in [5.41, 5.74) is 0. The molecule has 18 heavy (non-hydrogen) atoms. The highest BCUT2D eigenvalue weighted by molar-refractivity contribution is 5.79. The number of hydrogen-bond donors (Lipinski definition) is 1. The maximum absolute atomic E-state index is 11.2. The van der Waals surface area contributed by atoms with E-state index in [0.717, 1.165) is 12.8 Å². The summed E-state index contributed by atoms with van der Waals surface area (Å²) < 4.78 is 10.4. The van der Waals surface area contributed by atoms with Crippen LogP contribution in [0.25, 0.3) is 0 Å². The van der Waals surface area contributed by atoms with E-state index in [1.807, 2.05) is 6.92 Å². The van der Waals surface area contributed by atoms with Crippen molar-refractivity contribution in [2.75, 3.05) is 33.0 Å². The summed E-state index contributed by atoms with van der Waals surface area (Å²) >= 11 is 0. The van der Waals surface area contributed by atoms with Crippen LogP contribution in [0.3, 0.4) is 0 Å². The molecule has 0 radical (unpaired) electrons. The van der Waals surface area contributed by atoms with Gasteiger partial charge in [-0.2, -0.15) is 0 Å². The Labute approximate surface area is 109 Å². The number of amides is 1. The molecule has 5 nitrogen and oxygen atoms in total. The molecule has 0 atom stereocenters. The fourth-order valence-electron chi connectivity index (χ4n) is 1.20. The molecular weight excluding hydrogens is 234 g/mol. The lowest BCUT2D eigenvalue weighted by Crippen LogP contribution is -2.27. The molecule has 0 unspecified atom stereocenters. The largest absolute Gasteiger partial charge is 0.377 e. The average Bonchev–Trinajstić information content (AvgIpc) is 2.38. The normalized spacial score (nSPS) is 10.3. The van der Waals surface area contributed by atoms with E-state index in [2.05, 4.69) is 12.2 Å². The van der Waals surface area contributed by atoms with Crippen LogP contribution < -0.4 is 5.32 Å². The number of nitrogens with one attached hydrogen (secondary N) is 1. The third kappa shape index (κ3) is 11.5. The standard InChI is InChI=1S/C13H25NO4/c1-3-5-6-13(16)14-7-8-17-9-10-18-11-12(15)4-2/h3-11H2,1-2H3,(H,14,16). The molecule has 0 aliphatic heterocycles. The number of Topliss-reactive ketones (excluding diaryl/α,β-unsaturated/α-hetero) is 1. The highest BCUT2D eigenvalue weighted by Crippen LogP contribution is 1.92. The van der Waals surface area contributed by atoms with Crippen LogP contribution in [-0.4, -0.2) is 44.7 Å². The van der Waals surface area contributed by atoms with Crippen LogP contribution in [0.5, 0.6) is 0 Å². The second-order valence-electron chi connectivity index (χ2n) is 4.01. The summed E-state index contributed by atoms with van der Waals surface area (Å²) in [6.07, 6.45) is 3.03. The first-order valence-electron chi connectivity index (χ1n) is 6.64. The van der Waals surface area contributed by atoms with Crippen LogP contribution in [0.2, 0.25) is 0 Å². The second kappa shape index (κ2) is 12.5. The van der Waals surface area contributed by atoms with Crippen molar-refractivity contribution in [2.24, 2.45) is 0 Å². The zero-order chi connectivity index (χ0) is 13.6. The van der Waals surface area contributed by atoms with Gasteiger partial charge in [0, 0.05) is 19.4 Å². The molecule has 5 heteroatoms. The molecule has 106 valence electrons. The number of carbonyl (C=O) groups is 2.